The highest BCUT2D eigenvalue weighted by molar-refractivity contribution is 5.71. The Labute approximate surface area is 498 Å². The molecule has 0 aromatic heterocycles. The minimum Gasteiger partial charge on any atom is -0.462 e. The largest absolute Gasteiger partial charge is 0.462 e. The maximum Gasteiger partial charge on any atom is 0.306 e. The smallest absolute Gasteiger partial charge is 0.306 e. The summed E-state index contributed by atoms with van der Waals surface area (Å²) in [5.74, 6) is -0.850. The van der Waals surface area contributed by atoms with Gasteiger partial charge in [0.25, 0.3) is 0 Å². The average molecular weight is 1120 g/mol. The number of hydrogen-bond donors (Lipinski definition) is 0. The number of carbonyl (C=O) groups excluding carboxylic acids is 3. The van der Waals surface area contributed by atoms with Gasteiger partial charge in [-0.2, -0.15) is 0 Å². The third-order valence-electron chi connectivity index (χ3n) is 15.8. The van der Waals surface area contributed by atoms with Gasteiger partial charge in [-0.15, -0.1) is 0 Å². The van der Waals surface area contributed by atoms with Crippen molar-refractivity contribution >= 4 is 17.9 Å². The van der Waals surface area contributed by atoms with Crippen LogP contribution in [0.15, 0.2) is 60.8 Å². The van der Waals surface area contributed by atoms with Gasteiger partial charge in [-0.25, -0.2) is 0 Å². The van der Waals surface area contributed by atoms with Crippen LogP contribution in [-0.2, 0) is 28.6 Å². The lowest BCUT2D eigenvalue weighted by Gasteiger charge is -2.18. The molecule has 0 saturated heterocycles. The Morgan fingerprint density at radius 1 is 0.263 bits per heavy atom. The first-order chi connectivity index (χ1) is 39.5. The molecule has 0 aliphatic heterocycles. The fourth-order valence-electron chi connectivity index (χ4n) is 10.5. The van der Waals surface area contributed by atoms with Crippen molar-refractivity contribution < 1.29 is 28.6 Å². The second-order valence-corrected chi connectivity index (χ2v) is 23.8. The van der Waals surface area contributed by atoms with Gasteiger partial charge in [-0.1, -0.05) is 332 Å². The van der Waals surface area contributed by atoms with E-state index in [0.717, 1.165) is 83.5 Å². The van der Waals surface area contributed by atoms with E-state index in [1.165, 1.54) is 250 Å². The molecule has 0 saturated carbocycles. The first kappa shape index (κ1) is 77.1. The highest BCUT2D eigenvalue weighted by Gasteiger charge is 2.19. The van der Waals surface area contributed by atoms with Crippen molar-refractivity contribution in [1.82, 2.24) is 0 Å². The van der Waals surface area contributed by atoms with Crippen LogP contribution in [0.5, 0.6) is 0 Å². The average Bonchev–Trinajstić information content (AvgIpc) is 3.46. The summed E-state index contributed by atoms with van der Waals surface area (Å²) in [6, 6.07) is 0. The molecule has 0 aromatic carbocycles. The van der Waals surface area contributed by atoms with Gasteiger partial charge in [0, 0.05) is 19.3 Å². The quantitative estimate of drug-likeness (QED) is 0.0261. The number of unbranched alkanes of at least 4 members (excludes halogenated alkanes) is 44. The van der Waals surface area contributed by atoms with Crippen molar-refractivity contribution in [1.29, 1.82) is 0 Å². The van der Waals surface area contributed by atoms with E-state index in [2.05, 4.69) is 81.5 Å². The number of carbonyl (C=O) groups is 3. The van der Waals surface area contributed by atoms with Crippen LogP contribution in [-0.4, -0.2) is 37.2 Å². The molecule has 6 nitrogen and oxygen atoms in total. The molecule has 0 fully saturated rings. The van der Waals surface area contributed by atoms with E-state index in [-0.39, 0.29) is 31.1 Å². The molecule has 0 spiro atoms. The fraction of sp³-hybridized carbons (Fsp3) is 0.824. The van der Waals surface area contributed by atoms with Crippen LogP contribution in [0.3, 0.4) is 0 Å². The van der Waals surface area contributed by atoms with E-state index in [1.54, 1.807) is 0 Å². The summed E-state index contributed by atoms with van der Waals surface area (Å²) in [6.07, 6.45) is 88.1. The molecule has 0 aliphatic rings. The summed E-state index contributed by atoms with van der Waals surface area (Å²) in [5.41, 5.74) is 0. The van der Waals surface area contributed by atoms with Gasteiger partial charge in [0.2, 0.25) is 0 Å². The second kappa shape index (κ2) is 68.6. The standard InChI is InChI=1S/C74H134O6/c1-4-7-10-13-16-19-22-25-28-31-33-35-37-39-41-43-46-49-52-55-58-61-64-67-73(76)79-70-71(69-78-72(75)66-63-60-57-54-51-48-45-30-27-24-21-18-15-12-9-6-3)80-74(77)68-65-62-59-56-53-50-47-44-42-40-38-36-34-32-29-26-23-20-17-14-11-8-5-2/h7,10,16,19,25,28,32-35,71H,4-6,8-9,11-15,17-18,20-24,26-27,29-31,36-70H2,1-3H3/b10-7-,19-16-,28-25-,34-32-,35-33-. The molecule has 0 N–H and O–H groups in total. The Kier molecular flexibility index (Phi) is 66.1. The van der Waals surface area contributed by atoms with Crippen molar-refractivity contribution in [2.45, 2.75) is 380 Å². The minimum atomic E-state index is -0.776. The highest BCUT2D eigenvalue weighted by atomic mass is 16.6. The zero-order valence-electron chi connectivity index (χ0n) is 53.6. The first-order valence-electron chi connectivity index (χ1n) is 35.3. The van der Waals surface area contributed by atoms with E-state index in [4.69, 9.17) is 14.2 Å². The SMILES string of the molecule is CC/C=C\C/C=C\C/C=C\C/C=C\CCCCCCCCCCCCC(=O)OCC(COC(=O)CCCCCCCCCCCCCCCCCC)OC(=O)CCCCCCCCCCCCC/C=C\CCCCCCCCCC. The van der Waals surface area contributed by atoms with Crippen LogP contribution >= 0.6 is 0 Å². The minimum absolute atomic E-state index is 0.0710. The predicted molar refractivity (Wildman–Crippen MR) is 348 cm³/mol. The fourth-order valence-corrected chi connectivity index (χ4v) is 10.5. The molecule has 0 rings (SSSR count). The van der Waals surface area contributed by atoms with Gasteiger partial charge >= 0.3 is 17.9 Å². The van der Waals surface area contributed by atoms with Crippen molar-refractivity contribution in [2.75, 3.05) is 13.2 Å². The molecule has 0 aliphatic carbocycles. The molecule has 0 bridgehead atoms. The van der Waals surface area contributed by atoms with Crippen LogP contribution in [0, 0.1) is 0 Å². The molecular formula is C74H134O6. The Bertz CT molecular complexity index is 1430. The maximum absolute atomic E-state index is 13.0. The number of allylic oxidation sites excluding steroid dienone is 10. The molecule has 0 amide bonds. The van der Waals surface area contributed by atoms with E-state index in [9.17, 15) is 14.4 Å². The molecule has 0 heterocycles. The lowest BCUT2D eigenvalue weighted by molar-refractivity contribution is -0.167. The maximum atomic E-state index is 13.0. The topological polar surface area (TPSA) is 78.9 Å². The summed E-state index contributed by atoms with van der Waals surface area (Å²) in [4.78, 5) is 38.5. The molecule has 0 radical (unpaired) electrons. The molecule has 466 valence electrons. The Balaban J connectivity index is 4.32. The van der Waals surface area contributed by atoms with E-state index in [1.807, 2.05) is 0 Å². The van der Waals surface area contributed by atoms with Gasteiger partial charge in [-0.3, -0.25) is 14.4 Å². The van der Waals surface area contributed by atoms with Crippen molar-refractivity contribution in [2.24, 2.45) is 0 Å². The van der Waals surface area contributed by atoms with Crippen molar-refractivity contribution in [3.8, 4) is 0 Å². The Morgan fingerprint density at radius 3 is 0.775 bits per heavy atom. The highest BCUT2D eigenvalue weighted by Crippen LogP contribution is 2.18. The van der Waals surface area contributed by atoms with E-state index >= 15 is 0 Å². The van der Waals surface area contributed by atoms with Crippen LogP contribution in [0.4, 0.5) is 0 Å². The Morgan fingerprint density at radius 2 is 0.487 bits per heavy atom. The van der Waals surface area contributed by atoms with Gasteiger partial charge in [0.1, 0.15) is 13.2 Å². The zero-order valence-corrected chi connectivity index (χ0v) is 53.6. The lowest BCUT2D eigenvalue weighted by atomic mass is 10.0. The van der Waals surface area contributed by atoms with Gasteiger partial charge in [-0.05, 0) is 83.5 Å². The molecular weight excluding hydrogens is 985 g/mol. The first-order valence-corrected chi connectivity index (χ1v) is 35.3. The summed E-state index contributed by atoms with van der Waals surface area (Å²) in [5, 5.41) is 0. The van der Waals surface area contributed by atoms with E-state index in [0.29, 0.717) is 19.3 Å². The molecule has 1 atom stereocenters. The number of ether oxygens (including phenoxy) is 3. The third-order valence-corrected chi connectivity index (χ3v) is 15.8. The van der Waals surface area contributed by atoms with Crippen LogP contribution in [0.2, 0.25) is 0 Å². The summed E-state index contributed by atoms with van der Waals surface area (Å²) >= 11 is 0. The number of hydrogen-bond acceptors (Lipinski definition) is 6. The summed E-state index contributed by atoms with van der Waals surface area (Å²) in [7, 11) is 0. The normalized spacial score (nSPS) is 12.4. The monoisotopic (exact) mass is 1120 g/mol. The molecule has 1 unspecified atom stereocenters. The van der Waals surface area contributed by atoms with Crippen LogP contribution in [0.25, 0.3) is 0 Å². The van der Waals surface area contributed by atoms with Gasteiger partial charge in [0.05, 0.1) is 0 Å². The third kappa shape index (κ3) is 65.9. The molecule has 6 heteroatoms. The van der Waals surface area contributed by atoms with Crippen LogP contribution < -0.4 is 0 Å². The molecule has 80 heavy (non-hydrogen) atoms. The Hall–Kier alpha value is -2.89. The van der Waals surface area contributed by atoms with Crippen LogP contribution in [0.1, 0.15) is 374 Å². The zero-order chi connectivity index (χ0) is 57.8. The van der Waals surface area contributed by atoms with Crippen molar-refractivity contribution in [3.05, 3.63) is 60.8 Å². The number of esters is 3. The number of rotatable bonds is 65. The van der Waals surface area contributed by atoms with Gasteiger partial charge < -0.3 is 14.2 Å². The van der Waals surface area contributed by atoms with E-state index < -0.39 is 6.10 Å². The lowest BCUT2D eigenvalue weighted by Crippen LogP contribution is -2.30. The van der Waals surface area contributed by atoms with Gasteiger partial charge in [0.15, 0.2) is 6.10 Å². The van der Waals surface area contributed by atoms with Crippen molar-refractivity contribution in [3.63, 3.8) is 0 Å². The summed E-state index contributed by atoms with van der Waals surface area (Å²) in [6.45, 7) is 6.59. The summed E-state index contributed by atoms with van der Waals surface area (Å²) < 4.78 is 17.0. The predicted octanol–water partition coefficient (Wildman–Crippen LogP) is 24.3. The molecule has 0 aromatic rings. The second-order valence-electron chi connectivity index (χ2n) is 23.8.